The normalized spacial score (nSPS) is 26.7. The molecular formula is C25H26N4O2. The second kappa shape index (κ2) is 8.44. The van der Waals surface area contributed by atoms with Crippen LogP contribution in [-0.2, 0) is 9.53 Å². The highest BCUT2D eigenvalue weighted by Gasteiger charge is 2.35. The third kappa shape index (κ3) is 4.01. The minimum Gasteiger partial charge on any atom is -0.387 e. The molecule has 1 amide bonds. The first-order valence-electron chi connectivity index (χ1n) is 10.9. The smallest absolute Gasteiger partial charge is 0.245 e. The highest BCUT2D eigenvalue weighted by Crippen LogP contribution is 2.37. The lowest BCUT2D eigenvalue weighted by Crippen LogP contribution is -2.42. The van der Waals surface area contributed by atoms with Crippen molar-refractivity contribution in [3.05, 3.63) is 77.2 Å². The number of nitrogens with one attached hydrogen (secondary N) is 2. The molecule has 1 fully saturated rings. The number of dihydropyridines is 1. The summed E-state index contributed by atoms with van der Waals surface area (Å²) in [5.74, 6) is 0.160. The van der Waals surface area contributed by atoms with Crippen LogP contribution in [0.25, 0.3) is 5.57 Å². The van der Waals surface area contributed by atoms with Crippen molar-refractivity contribution in [3.63, 3.8) is 0 Å². The molecule has 3 unspecified atom stereocenters. The standard InChI is InChI=1S/C25H26N4O2/c26-14-17-3-1-4-18(11-17)20-12-19-6-9-27-15-22(19)24(13-20)31-21-7-10-29(16-21)25(30)23-5-2-8-28-23/h1-4,6,8,11-12,15,21,23-24,27-28H,5,7,9-10,13,16H2. The summed E-state index contributed by atoms with van der Waals surface area (Å²) in [6, 6.07) is 9.85. The van der Waals surface area contributed by atoms with Crippen LogP contribution in [-0.4, -0.2) is 48.7 Å². The second-order valence-corrected chi connectivity index (χ2v) is 8.41. The lowest BCUT2D eigenvalue weighted by atomic mass is 9.84. The van der Waals surface area contributed by atoms with Crippen LogP contribution >= 0.6 is 0 Å². The largest absolute Gasteiger partial charge is 0.387 e. The van der Waals surface area contributed by atoms with Gasteiger partial charge in [-0.3, -0.25) is 4.79 Å². The Morgan fingerprint density at radius 1 is 1.32 bits per heavy atom. The third-order valence-electron chi connectivity index (χ3n) is 6.37. The van der Waals surface area contributed by atoms with Crippen molar-refractivity contribution in [1.29, 1.82) is 5.26 Å². The molecule has 0 bridgehead atoms. The molecule has 0 spiro atoms. The number of ether oxygens (including phenoxy) is 1. The SMILES string of the molecule is N#Cc1cccc(C2=CC3=CCNC=C3C(OC3CCN(C(=O)C4CC=CN4)C3)C2)c1. The van der Waals surface area contributed by atoms with Crippen molar-refractivity contribution in [2.24, 2.45) is 0 Å². The van der Waals surface area contributed by atoms with Gasteiger partial charge in [0.25, 0.3) is 0 Å². The Morgan fingerprint density at radius 2 is 2.26 bits per heavy atom. The quantitative estimate of drug-likeness (QED) is 0.792. The second-order valence-electron chi connectivity index (χ2n) is 8.41. The predicted octanol–water partition coefficient (Wildman–Crippen LogP) is 2.62. The van der Waals surface area contributed by atoms with E-state index in [1.165, 1.54) is 11.1 Å². The minimum absolute atomic E-state index is 0.0252. The van der Waals surface area contributed by atoms with Crippen LogP contribution in [0.5, 0.6) is 0 Å². The zero-order chi connectivity index (χ0) is 21.2. The van der Waals surface area contributed by atoms with E-state index < -0.39 is 0 Å². The van der Waals surface area contributed by atoms with Crippen molar-refractivity contribution >= 4 is 11.5 Å². The number of likely N-dealkylation sites (tertiary alicyclic amines) is 1. The average molecular weight is 415 g/mol. The lowest BCUT2D eigenvalue weighted by Gasteiger charge is -2.32. The van der Waals surface area contributed by atoms with Crippen LogP contribution in [0.15, 0.2) is 66.0 Å². The summed E-state index contributed by atoms with van der Waals surface area (Å²) in [4.78, 5) is 14.6. The summed E-state index contributed by atoms with van der Waals surface area (Å²) in [6.45, 7) is 2.17. The molecule has 6 heteroatoms. The molecule has 1 aromatic carbocycles. The molecule has 0 aromatic heterocycles. The number of benzene rings is 1. The molecule has 3 heterocycles. The molecule has 158 valence electrons. The van der Waals surface area contributed by atoms with E-state index in [0.717, 1.165) is 43.5 Å². The van der Waals surface area contributed by atoms with Gasteiger partial charge in [-0.15, -0.1) is 0 Å². The fourth-order valence-electron chi connectivity index (χ4n) is 4.75. The first-order chi connectivity index (χ1) is 15.2. The Labute approximate surface area is 182 Å². The Morgan fingerprint density at radius 3 is 3.10 bits per heavy atom. The van der Waals surface area contributed by atoms with Crippen LogP contribution in [0.1, 0.15) is 30.4 Å². The zero-order valence-electron chi connectivity index (χ0n) is 17.4. The highest BCUT2D eigenvalue weighted by atomic mass is 16.5. The van der Waals surface area contributed by atoms with Gasteiger partial charge in [0.2, 0.25) is 5.91 Å². The zero-order valence-corrected chi connectivity index (χ0v) is 17.4. The third-order valence-corrected chi connectivity index (χ3v) is 6.37. The Bertz CT molecular complexity index is 1040. The van der Waals surface area contributed by atoms with Gasteiger partial charge < -0.3 is 20.3 Å². The number of allylic oxidation sites excluding steroid dienone is 1. The first-order valence-corrected chi connectivity index (χ1v) is 10.9. The predicted molar refractivity (Wildman–Crippen MR) is 118 cm³/mol. The van der Waals surface area contributed by atoms with E-state index in [4.69, 9.17) is 4.74 Å². The van der Waals surface area contributed by atoms with Gasteiger partial charge in [0, 0.05) is 37.8 Å². The number of nitriles is 1. The summed E-state index contributed by atoms with van der Waals surface area (Å²) in [6.07, 6.45) is 12.6. The molecule has 2 N–H and O–H groups in total. The summed E-state index contributed by atoms with van der Waals surface area (Å²) in [5.41, 5.74) is 5.25. The summed E-state index contributed by atoms with van der Waals surface area (Å²) < 4.78 is 6.59. The Kier molecular flexibility index (Phi) is 5.35. The van der Waals surface area contributed by atoms with E-state index in [-0.39, 0.29) is 24.2 Å². The lowest BCUT2D eigenvalue weighted by molar-refractivity contribution is -0.132. The topological polar surface area (TPSA) is 77.4 Å². The van der Waals surface area contributed by atoms with Gasteiger partial charge in [0.05, 0.1) is 23.8 Å². The maximum Gasteiger partial charge on any atom is 0.245 e. The molecule has 0 radical (unpaired) electrons. The number of rotatable bonds is 4. The van der Waals surface area contributed by atoms with E-state index in [9.17, 15) is 10.1 Å². The fourth-order valence-corrected chi connectivity index (χ4v) is 4.75. The number of amides is 1. The number of hydrogen-bond donors (Lipinski definition) is 2. The van der Waals surface area contributed by atoms with E-state index in [1.54, 1.807) is 0 Å². The molecule has 31 heavy (non-hydrogen) atoms. The number of carbonyl (C=O) groups excluding carboxylic acids is 1. The van der Waals surface area contributed by atoms with Crippen LogP contribution in [0, 0.1) is 11.3 Å². The van der Waals surface area contributed by atoms with Crippen LogP contribution < -0.4 is 10.6 Å². The van der Waals surface area contributed by atoms with Crippen molar-refractivity contribution in [2.75, 3.05) is 19.6 Å². The molecule has 3 aliphatic heterocycles. The van der Waals surface area contributed by atoms with Crippen molar-refractivity contribution < 1.29 is 9.53 Å². The van der Waals surface area contributed by atoms with Gasteiger partial charge in [0.15, 0.2) is 0 Å². The van der Waals surface area contributed by atoms with Crippen molar-refractivity contribution in [1.82, 2.24) is 15.5 Å². The Balaban J connectivity index is 1.31. The van der Waals surface area contributed by atoms with E-state index >= 15 is 0 Å². The van der Waals surface area contributed by atoms with Crippen LogP contribution in [0.4, 0.5) is 0 Å². The molecule has 1 aromatic rings. The average Bonchev–Trinajstić information content (AvgIpc) is 3.51. The maximum atomic E-state index is 12.7. The summed E-state index contributed by atoms with van der Waals surface area (Å²) in [5, 5.41) is 15.7. The minimum atomic E-state index is -0.129. The molecular weight excluding hydrogens is 388 g/mol. The van der Waals surface area contributed by atoms with Crippen molar-refractivity contribution in [3.8, 4) is 6.07 Å². The first kappa shape index (κ1) is 19.7. The van der Waals surface area contributed by atoms with E-state index in [0.29, 0.717) is 12.1 Å². The molecule has 4 aliphatic rings. The molecule has 6 nitrogen and oxygen atoms in total. The molecule has 0 saturated carbocycles. The van der Waals surface area contributed by atoms with Crippen LogP contribution in [0.3, 0.4) is 0 Å². The van der Waals surface area contributed by atoms with Crippen molar-refractivity contribution in [2.45, 2.75) is 37.5 Å². The maximum absolute atomic E-state index is 12.7. The molecule has 5 rings (SSSR count). The monoisotopic (exact) mass is 414 g/mol. The summed E-state index contributed by atoms with van der Waals surface area (Å²) in [7, 11) is 0. The van der Waals surface area contributed by atoms with Gasteiger partial charge >= 0.3 is 0 Å². The highest BCUT2D eigenvalue weighted by molar-refractivity contribution is 5.83. The van der Waals surface area contributed by atoms with Crippen LogP contribution in [0.2, 0.25) is 0 Å². The van der Waals surface area contributed by atoms with E-state index in [1.807, 2.05) is 35.4 Å². The molecule has 1 saturated heterocycles. The molecule has 3 atom stereocenters. The van der Waals surface area contributed by atoms with Gasteiger partial charge in [-0.05, 0) is 47.9 Å². The number of carbonyl (C=O) groups is 1. The number of fused-ring (bicyclic) bond motifs is 1. The number of nitrogens with zero attached hydrogens (tertiary/aromatic N) is 2. The van der Waals surface area contributed by atoms with Gasteiger partial charge in [-0.2, -0.15) is 5.26 Å². The van der Waals surface area contributed by atoms with Gasteiger partial charge in [0.1, 0.15) is 6.04 Å². The fraction of sp³-hybridized carbons (Fsp3) is 0.360. The summed E-state index contributed by atoms with van der Waals surface area (Å²) >= 11 is 0. The van der Waals surface area contributed by atoms with Gasteiger partial charge in [-0.1, -0.05) is 30.4 Å². The van der Waals surface area contributed by atoms with E-state index in [2.05, 4.69) is 41.1 Å². The van der Waals surface area contributed by atoms with Gasteiger partial charge in [-0.25, -0.2) is 0 Å². The Hall–Kier alpha value is -3.30. The number of hydrogen-bond acceptors (Lipinski definition) is 5. The molecule has 1 aliphatic carbocycles.